The van der Waals surface area contributed by atoms with E-state index in [-0.39, 0.29) is 11.3 Å². The molecule has 1 N–H and O–H groups in total. The Labute approximate surface area is 155 Å². The molecule has 0 unspecified atom stereocenters. The lowest BCUT2D eigenvalue weighted by atomic mass is 9.90. The minimum atomic E-state index is -0.334. The van der Waals surface area contributed by atoms with E-state index in [1.54, 1.807) is 0 Å². The number of amides is 1. The second-order valence-corrected chi connectivity index (χ2v) is 8.10. The molecule has 0 aromatic heterocycles. The quantitative estimate of drug-likeness (QED) is 0.886. The van der Waals surface area contributed by atoms with Crippen LogP contribution in [0.1, 0.15) is 13.8 Å². The van der Waals surface area contributed by atoms with Crippen molar-refractivity contribution in [3.05, 3.63) is 29.3 Å². The summed E-state index contributed by atoms with van der Waals surface area (Å²) in [6.45, 7) is 12.4. The molecule has 25 heavy (non-hydrogen) atoms. The Morgan fingerprint density at radius 2 is 1.64 bits per heavy atom. The van der Waals surface area contributed by atoms with Gasteiger partial charge < -0.3 is 15.1 Å². The lowest BCUT2D eigenvalue weighted by molar-refractivity contribution is -0.141. The Balaban J connectivity index is 1.54. The van der Waals surface area contributed by atoms with Gasteiger partial charge in [-0.3, -0.25) is 9.69 Å². The van der Waals surface area contributed by atoms with Crippen LogP contribution in [0.2, 0.25) is 5.02 Å². The predicted molar refractivity (Wildman–Crippen MR) is 103 cm³/mol. The first-order chi connectivity index (χ1) is 12.0. The third-order valence-electron chi connectivity index (χ3n) is 5.17. The summed E-state index contributed by atoms with van der Waals surface area (Å²) < 4.78 is 0. The zero-order valence-electron chi connectivity index (χ0n) is 15.3. The SMILES string of the molecule is CC(C)(CN1CCNCC1)C(=O)N1CCN(c2ccc(Cl)cc2)CC1. The monoisotopic (exact) mass is 364 g/mol. The van der Waals surface area contributed by atoms with Crippen LogP contribution in [0, 0.1) is 5.41 Å². The summed E-state index contributed by atoms with van der Waals surface area (Å²) >= 11 is 5.97. The molecule has 0 spiro atoms. The van der Waals surface area contributed by atoms with Gasteiger partial charge in [-0.25, -0.2) is 0 Å². The molecule has 2 aliphatic rings. The van der Waals surface area contributed by atoms with Gasteiger partial charge >= 0.3 is 0 Å². The molecule has 0 aliphatic carbocycles. The number of carbonyl (C=O) groups is 1. The highest BCUT2D eigenvalue weighted by molar-refractivity contribution is 6.30. The minimum Gasteiger partial charge on any atom is -0.368 e. The van der Waals surface area contributed by atoms with Gasteiger partial charge in [-0.15, -0.1) is 0 Å². The molecule has 6 heteroatoms. The normalized spacial score (nSPS) is 20.0. The van der Waals surface area contributed by atoms with Crippen LogP contribution in [0.5, 0.6) is 0 Å². The van der Waals surface area contributed by atoms with Gasteiger partial charge in [0.15, 0.2) is 0 Å². The molecular formula is C19H29ClN4O. The summed E-state index contributed by atoms with van der Waals surface area (Å²) in [7, 11) is 0. The lowest BCUT2D eigenvalue weighted by Crippen LogP contribution is -2.55. The number of hydrogen-bond acceptors (Lipinski definition) is 4. The van der Waals surface area contributed by atoms with E-state index < -0.39 is 0 Å². The van der Waals surface area contributed by atoms with Gasteiger partial charge in [0, 0.05) is 69.6 Å². The summed E-state index contributed by atoms with van der Waals surface area (Å²) in [4.78, 5) is 19.8. The average molecular weight is 365 g/mol. The van der Waals surface area contributed by atoms with Gasteiger partial charge in [-0.2, -0.15) is 0 Å². The van der Waals surface area contributed by atoms with E-state index in [9.17, 15) is 4.79 Å². The molecule has 0 bridgehead atoms. The van der Waals surface area contributed by atoms with Crippen molar-refractivity contribution in [1.82, 2.24) is 15.1 Å². The fraction of sp³-hybridized carbons (Fsp3) is 0.632. The van der Waals surface area contributed by atoms with Gasteiger partial charge in [0.2, 0.25) is 5.91 Å². The smallest absolute Gasteiger partial charge is 0.229 e. The molecule has 2 aliphatic heterocycles. The van der Waals surface area contributed by atoms with E-state index in [0.717, 1.165) is 63.9 Å². The molecule has 0 saturated carbocycles. The highest BCUT2D eigenvalue weighted by atomic mass is 35.5. The summed E-state index contributed by atoms with van der Waals surface area (Å²) in [6.07, 6.45) is 0. The maximum absolute atomic E-state index is 13.0. The van der Waals surface area contributed by atoms with E-state index in [1.807, 2.05) is 29.2 Å². The van der Waals surface area contributed by atoms with Crippen molar-refractivity contribution in [2.45, 2.75) is 13.8 Å². The Morgan fingerprint density at radius 3 is 2.24 bits per heavy atom. The number of rotatable bonds is 4. The van der Waals surface area contributed by atoms with Crippen LogP contribution in [0.4, 0.5) is 5.69 Å². The molecule has 2 saturated heterocycles. The maximum atomic E-state index is 13.0. The Bertz CT molecular complexity index is 576. The van der Waals surface area contributed by atoms with Gasteiger partial charge in [0.1, 0.15) is 0 Å². The number of anilines is 1. The standard InChI is InChI=1S/C19H29ClN4O/c1-19(2,15-22-9-7-21-8-10-22)18(25)24-13-11-23(12-14-24)17-5-3-16(20)4-6-17/h3-6,21H,7-15H2,1-2H3. The van der Waals surface area contributed by atoms with E-state index in [1.165, 1.54) is 5.69 Å². The van der Waals surface area contributed by atoms with E-state index >= 15 is 0 Å². The van der Waals surface area contributed by atoms with Crippen molar-refractivity contribution >= 4 is 23.2 Å². The highest BCUT2D eigenvalue weighted by Crippen LogP contribution is 2.24. The summed E-state index contributed by atoms with van der Waals surface area (Å²) in [6, 6.07) is 7.94. The lowest BCUT2D eigenvalue weighted by Gasteiger charge is -2.41. The second-order valence-electron chi connectivity index (χ2n) is 7.67. The highest BCUT2D eigenvalue weighted by Gasteiger charge is 2.35. The molecule has 2 heterocycles. The molecular weight excluding hydrogens is 336 g/mol. The van der Waals surface area contributed by atoms with Crippen LogP contribution in [-0.2, 0) is 4.79 Å². The van der Waals surface area contributed by atoms with Crippen molar-refractivity contribution in [2.24, 2.45) is 5.41 Å². The van der Waals surface area contributed by atoms with Gasteiger partial charge in [0.25, 0.3) is 0 Å². The first kappa shape index (κ1) is 18.5. The van der Waals surface area contributed by atoms with Crippen LogP contribution < -0.4 is 10.2 Å². The summed E-state index contributed by atoms with van der Waals surface area (Å²) in [5, 5.41) is 4.12. The van der Waals surface area contributed by atoms with Crippen LogP contribution in [0.3, 0.4) is 0 Å². The largest absolute Gasteiger partial charge is 0.368 e. The van der Waals surface area contributed by atoms with E-state index in [4.69, 9.17) is 11.6 Å². The van der Waals surface area contributed by atoms with Crippen molar-refractivity contribution in [2.75, 3.05) is 63.8 Å². The fourth-order valence-corrected chi connectivity index (χ4v) is 3.87. The second kappa shape index (κ2) is 7.94. The number of hydrogen-bond donors (Lipinski definition) is 1. The number of piperazine rings is 2. The first-order valence-corrected chi connectivity index (χ1v) is 9.56. The predicted octanol–water partition coefficient (Wildman–Crippen LogP) is 1.92. The third-order valence-corrected chi connectivity index (χ3v) is 5.42. The third kappa shape index (κ3) is 4.66. The molecule has 1 aromatic rings. The molecule has 1 amide bonds. The molecule has 0 radical (unpaired) electrons. The molecule has 138 valence electrons. The van der Waals surface area contributed by atoms with Crippen molar-refractivity contribution in [3.8, 4) is 0 Å². The van der Waals surface area contributed by atoms with Crippen LogP contribution >= 0.6 is 11.6 Å². The van der Waals surface area contributed by atoms with Crippen molar-refractivity contribution < 1.29 is 4.79 Å². The molecule has 5 nitrogen and oxygen atoms in total. The minimum absolute atomic E-state index is 0.279. The van der Waals surface area contributed by atoms with Gasteiger partial charge in [0.05, 0.1) is 5.41 Å². The number of halogens is 1. The summed E-state index contributed by atoms with van der Waals surface area (Å²) in [5.74, 6) is 0.279. The first-order valence-electron chi connectivity index (χ1n) is 9.19. The number of nitrogens with zero attached hydrogens (tertiary/aromatic N) is 3. The number of carbonyl (C=O) groups excluding carboxylic acids is 1. The Morgan fingerprint density at radius 1 is 1.04 bits per heavy atom. The van der Waals surface area contributed by atoms with Crippen LogP contribution in [0.15, 0.2) is 24.3 Å². The van der Waals surface area contributed by atoms with E-state index in [2.05, 4.69) is 29.0 Å². The number of nitrogens with one attached hydrogen (secondary N) is 1. The molecule has 3 rings (SSSR count). The Hall–Kier alpha value is -1.30. The van der Waals surface area contributed by atoms with Gasteiger partial charge in [-0.1, -0.05) is 11.6 Å². The average Bonchev–Trinajstić information content (AvgIpc) is 2.62. The van der Waals surface area contributed by atoms with Gasteiger partial charge in [-0.05, 0) is 38.1 Å². The molecule has 2 fully saturated rings. The maximum Gasteiger partial charge on any atom is 0.229 e. The number of benzene rings is 1. The van der Waals surface area contributed by atoms with E-state index in [0.29, 0.717) is 0 Å². The van der Waals surface area contributed by atoms with Crippen molar-refractivity contribution in [1.29, 1.82) is 0 Å². The zero-order chi connectivity index (χ0) is 17.9. The fourth-order valence-electron chi connectivity index (χ4n) is 3.74. The van der Waals surface area contributed by atoms with Crippen LogP contribution in [0.25, 0.3) is 0 Å². The summed E-state index contributed by atoms with van der Waals surface area (Å²) in [5.41, 5.74) is 0.844. The Kier molecular flexibility index (Phi) is 5.87. The molecule has 1 aromatic carbocycles. The topological polar surface area (TPSA) is 38.8 Å². The van der Waals surface area contributed by atoms with Crippen LogP contribution in [-0.4, -0.2) is 74.6 Å². The molecule has 0 atom stereocenters. The van der Waals surface area contributed by atoms with Crippen molar-refractivity contribution in [3.63, 3.8) is 0 Å². The zero-order valence-corrected chi connectivity index (χ0v) is 16.1.